The Hall–Kier alpha value is -2.32. The second kappa shape index (κ2) is 7.13. The zero-order valence-electron chi connectivity index (χ0n) is 14.7. The maximum atomic E-state index is 12.5. The Morgan fingerprint density at radius 3 is 2.73 bits per heavy atom. The quantitative estimate of drug-likeness (QED) is 0.816. The zero-order chi connectivity index (χ0) is 18.1. The number of piperazine rings is 1. The number of anilines is 1. The van der Waals surface area contributed by atoms with Gasteiger partial charge in [-0.1, -0.05) is 0 Å². The molecule has 0 spiro atoms. The maximum absolute atomic E-state index is 12.5. The fraction of sp³-hybridized carbons (Fsp3) is 0.444. The van der Waals surface area contributed by atoms with E-state index in [0.29, 0.717) is 31.1 Å². The molecule has 4 heterocycles. The van der Waals surface area contributed by atoms with Crippen LogP contribution in [0.5, 0.6) is 0 Å². The van der Waals surface area contributed by atoms with Gasteiger partial charge in [-0.3, -0.25) is 19.5 Å². The van der Waals surface area contributed by atoms with E-state index in [4.69, 9.17) is 0 Å². The van der Waals surface area contributed by atoms with E-state index in [2.05, 4.69) is 14.9 Å². The minimum Gasteiger partial charge on any atom is -0.334 e. The van der Waals surface area contributed by atoms with Gasteiger partial charge in [-0.05, 0) is 18.6 Å². The summed E-state index contributed by atoms with van der Waals surface area (Å²) in [5.41, 5.74) is 1.96. The Kier molecular flexibility index (Phi) is 4.69. The van der Waals surface area contributed by atoms with Crippen LogP contribution in [-0.2, 0) is 4.79 Å². The van der Waals surface area contributed by atoms with Crippen LogP contribution in [0.1, 0.15) is 21.8 Å². The third-order valence-electron chi connectivity index (χ3n) is 5.12. The number of rotatable bonds is 3. The Morgan fingerprint density at radius 1 is 1.23 bits per heavy atom. The fourth-order valence-corrected chi connectivity index (χ4v) is 4.29. The van der Waals surface area contributed by atoms with Crippen molar-refractivity contribution in [1.29, 1.82) is 0 Å². The van der Waals surface area contributed by atoms with E-state index >= 15 is 0 Å². The highest BCUT2D eigenvalue weighted by Crippen LogP contribution is 2.27. The molecule has 1 atom stereocenters. The monoisotopic (exact) mass is 371 g/mol. The summed E-state index contributed by atoms with van der Waals surface area (Å²) in [7, 11) is 0. The molecule has 2 amide bonds. The van der Waals surface area contributed by atoms with Gasteiger partial charge in [0, 0.05) is 74.8 Å². The van der Waals surface area contributed by atoms with Crippen LogP contribution in [0.15, 0.2) is 30.0 Å². The first kappa shape index (κ1) is 17.1. The first-order chi connectivity index (χ1) is 12.6. The standard InChI is InChI=1S/C18H21N5O2S/c1-13-11-19-3-2-15(13)23-12-14(10-16(23)24)21-5-7-22(8-6-21)18(25)17-20-4-9-26-17/h2-4,9,11,14H,5-8,10,12H2,1H3. The van der Waals surface area contributed by atoms with Crippen LogP contribution in [0.3, 0.4) is 0 Å². The van der Waals surface area contributed by atoms with E-state index < -0.39 is 0 Å². The summed E-state index contributed by atoms with van der Waals surface area (Å²) in [5, 5.41) is 2.37. The lowest BCUT2D eigenvalue weighted by atomic mass is 10.2. The number of hydrogen-bond acceptors (Lipinski definition) is 6. The minimum absolute atomic E-state index is 0.0104. The van der Waals surface area contributed by atoms with Crippen LogP contribution in [0, 0.1) is 6.92 Å². The average Bonchev–Trinajstić information content (AvgIpc) is 3.32. The first-order valence-corrected chi connectivity index (χ1v) is 9.65. The second-order valence-electron chi connectivity index (χ2n) is 6.69. The van der Waals surface area contributed by atoms with Crippen molar-refractivity contribution in [1.82, 2.24) is 19.8 Å². The molecule has 0 aromatic carbocycles. The highest BCUT2D eigenvalue weighted by atomic mass is 32.1. The van der Waals surface area contributed by atoms with Crippen molar-refractivity contribution in [3.05, 3.63) is 40.6 Å². The lowest BCUT2D eigenvalue weighted by molar-refractivity contribution is -0.117. The highest BCUT2D eigenvalue weighted by Gasteiger charge is 2.36. The number of aryl methyl sites for hydroxylation is 1. The van der Waals surface area contributed by atoms with Gasteiger partial charge in [0.2, 0.25) is 5.91 Å². The van der Waals surface area contributed by atoms with Gasteiger partial charge < -0.3 is 9.80 Å². The number of hydrogen-bond donors (Lipinski definition) is 0. The second-order valence-corrected chi connectivity index (χ2v) is 7.58. The van der Waals surface area contributed by atoms with E-state index in [1.807, 2.05) is 28.2 Å². The molecule has 2 aliphatic rings. The molecule has 2 fully saturated rings. The average molecular weight is 371 g/mol. The van der Waals surface area contributed by atoms with Gasteiger partial charge in [-0.2, -0.15) is 0 Å². The number of carbonyl (C=O) groups is 2. The van der Waals surface area contributed by atoms with E-state index in [9.17, 15) is 9.59 Å². The normalized spacial score (nSPS) is 21.4. The molecule has 136 valence electrons. The van der Waals surface area contributed by atoms with Crippen molar-refractivity contribution < 1.29 is 9.59 Å². The molecule has 4 rings (SSSR count). The summed E-state index contributed by atoms with van der Waals surface area (Å²) in [6.45, 7) is 5.61. The molecular formula is C18H21N5O2S. The van der Waals surface area contributed by atoms with Crippen LogP contribution in [0.2, 0.25) is 0 Å². The summed E-state index contributed by atoms with van der Waals surface area (Å²) in [4.78, 5) is 39.2. The van der Waals surface area contributed by atoms with Crippen molar-refractivity contribution in [2.75, 3.05) is 37.6 Å². The van der Waals surface area contributed by atoms with E-state index in [1.54, 1.807) is 18.6 Å². The molecule has 26 heavy (non-hydrogen) atoms. The molecule has 0 saturated carbocycles. The third kappa shape index (κ3) is 3.22. The van der Waals surface area contributed by atoms with Gasteiger partial charge in [0.05, 0.1) is 0 Å². The van der Waals surface area contributed by atoms with Crippen molar-refractivity contribution in [3.8, 4) is 0 Å². The molecule has 0 aliphatic carbocycles. The van der Waals surface area contributed by atoms with E-state index in [0.717, 1.165) is 24.3 Å². The lowest BCUT2D eigenvalue weighted by Gasteiger charge is -2.37. The molecule has 1 unspecified atom stereocenters. The van der Waals surface area contributed by atoms with Gasteiger partial charge in [0.1, 0.15) is 0 Å². The van der Waals surface area contributed by atoms with Crippen LogP contribution < -0.4 is 4.90 Å². The summed E-state index contributed by atoms with van der Waals surface area (Å²) in [6.07, 6.45) is 5.71. The molecule has 7 nitrogen and oxygen atoms in total. The summed E-state index contributed by atoms with van der Waals surface area (Å²) in [5.74, 6) is 0.168. The number of thiazole rings is 1. The SMILES string of the molecule is Cc1cnccc1N1CC(N2CCN(C(=O)c3nccs3)CC2)CC1=O. The molecule has 0 N–H and O–H groups in total. The van der Waals surface area contributed by atoms with Gasteiger partial charge in [0.15, 0.2) is 5.01 Å². The molecule has 2 saturated heterocycles. The molecule has 2 aromatic heterocycles. The number of aromatic nitrogens is 2. The van der Waals surface area contributed by atoms with Crippen molar-refractivity contribution >= 4 is 28.8 Å². The smallest absolute Gasteiger partial charge is 0.282 e. The Labute approximate surface area is 156 Å². The van der Waals surface area contributed by atoms with Gasteiger partial charge in [-0.25, -0.2) is 4.98 Å². The predicted octanol–water partition coefficient (Wildman–Crippen LogP) is 1.41. The van der Waals surface area contributed by atoms with Crippen molar-refractivity contribution in [3.63, 3.8) is 0 Å². The van der Waals surface area contributed by atoms with Crippen molar-refractivity contribution in [2.24, 2.45) is 0 Å². The van der Waals surface area contributed by atoms with Crippen LogP contribution in [0.4, 0.5) is 5.69 Å². The maximum Gasteiger partial charge on any atom is 0.282 e. The largest absolute Gasteiger partial charge is 0.334 e. The Balaban J connectivity index is 1.37. The highest BCUT2D eigenvalue weighted by molar-refractivity contribution is 7.11. The number of amides is 2. The summed E-state index contributed by atoms with van der Waals surface area (Å²) >= 11 is 1.38. The third-order valence-corrected chi connectivity index (χ3v) is 5.88. The Morgan fingerprint density at radius 2 is 2.04 bits per heavy atom. The van der Waals surface area contributed by atoms with Crippen LogP contribution >= 0.6 is 11.3 Å². The minimum atomic E-state index is 0.0104. The van der Waals surface area contributed by atoms with Gasteiger partial charge in [0.25, 0.3) is 5.91 Å². The number of pyridine rings is 1. The molecular weight excluding hydrogens is 350 g/mol. The molecule has 0 radical (unpaired) electrons. The van der Waals surface area contributed by atoms with Gasteiger partial charge >= 0.3 is 0 Å². The van der Waals surface area contributed by atoms with Gasteiger partial charge in [-0.15, -0.1) is 11.3 Å². The molecule has 2 aliphatic heterocycles. The Bertz CT molecular complexity index is 802. The zero-order valence-corrected chi connectivity index (χ0v) is 15.5. The fourth-order valence-electron chi connectivity index (χ4n) is 3.69. The van der Waals surface area contributed by atoms with Crippen LogP contribution in [-0.4, -0.2) is 70.3 Å². The summed E-state index contributed by atoms with van der Waals surface area (Å²) in [6, 6.07) is 2.10. The number of carbonyl (C=O) groups excluding carboxylic acids is 2. The number of nitrogens with zero attached hydrogens (tertiary/aromatic N) is 5. The van der Waals surface area contributed by atoms with E-state index in [-0.39, 0.29) is 17.9 Å². The van der Waals surface area contributed by atoms with E-state index in [1.165, 1.54) is 11.3 Å². The lowest BCUT2D eigenvalue weighted by Crippen LogP contribution is -2.52. The summed E-state index contributed by atoms with van der Waals surface area (Å²) < 4.78 is 0. The predicted molar refractivity (Wildman–Crippen MR) is 99.3 cm³/mol. The molecule has 2 aromatic rings. The van der Waals surface area contributed by atoms with Crippen molar-refractivity contribution in [2.45, 2.75) is 19.4 Å². The topological polar surface area (TPSA) is 69.6 Å². The molecule has 0 bridgehead atoms. The van der Waals surface area contributed by atoms with Crippen LogP contribution in [0.25, 0.3) is 0 Å². The molecule has 8 heteroatoms. The first-order valence-electron chi connectivity index (χ1n) is 8.77.